The van der Waals surface area contributed by atoms with Gasteiger partial charge in [0, 0.05) is 56.8 Å². The Morgan fingerprint density at radius 3 is 1.53 bits per heavy atom. The van der Waals surface area contributed by atoms with Crippen molar-refractivity contribution in [1.82, 2.24) is 4.98 Å². The van der Waals surface area contributed by atoms with Crippen LogP contribution in [0.5, 0.6) is 0 Å². The number of aromatic nitrogens is 1. The molecule has 7 nitrogen and oxygen atoms in total. The van der Waals surface area contributed by atoms with E-state index in [1.807, 2.05) is 20.8 Å². The van der Waals surface area contributed by atoms with Crippen molar-refractivity contribution in [2.45, 2.75) is 190 Å². The van der Waals surface area contributed by atoms with Crippen LogP contribution in [0.3, 0.4) is 0 Å². The van der Waals surface area contributed by atoms with E-state index < -0.39 is 12.3 Å². The van der Waals surface area contributed by atoms with Crippen molar-refractivity contribution in [3.8, 4) is 0 Å². The number of aliphatic imine (C=N–C) groups is 2. The number of rotatable bonds is 17. The molecule has 53 heavy (non-hydrogen) atoms. The molecule has 0 spiro atoms. The molecule has 2 aliphatic heterocycles. The molecule has 10 heteroatoms. The summed E-state index contributed by atoms with van der Waals surface area (Å²) in [5, 5.41) is 25.2. The third-order valence-electron chi connectivity index (χ3n) is 7.33. The second-order valence-electron chi connectivity index (χ2n) is 12.3. The molecule has 1 aromatic heterocycles. The smallest absolute Gasteiger partial charge is 0.303 e. The molecular formula is C43H87CoN3O4Si2. The summed E-state index contributed by atoms with van der Waals surface area (Å²) in [4.78, 5) is 23.7. The first-order valence-electron chi connectivity index (χ1n) is 20.5. The van der Waals surface area contributed by atoms with E-state index in [0.29, 0.717) is 12.8 Å². The molecule has 3 heterocycles. The van der Waals surface area contributed by atoms with Crippen molar-refractivity contribution in [2.24, 2.45) is 9.98 Å². The van der Waals surface area contributed by atoms with Crippen LogP contribution in [0.15, 0.2) is 53.0 Å². The molecule has 0 aliphatic carbocycles. The van der Waals surface area contributed by atoms with Crippen LogP contribution in [-0.2, 0) is 21.6 Å². The number of unbranched alkanes of at least 4 members (excludes halogenated alkanes) is 9. The molecular weight excluding hydrogens is 738 g/mol. The van der Waals surface area contributed by atoms with Gasteiger partial charge >= 0.3 is 5.97 Å². The van der Waals surface area contributed by atoms with E-state index in [4.69, 9.17) is 15.3 Å². The number of pyridine rings is 1. The second-order valence-corrected chi connectivity index (χ2v) is 14.1. The van der Waals surface area contributed by atoms with Crippen LogP contribution in [-0.4, -0.2) is 77.6 Å². The molecule has 0 saturated heterocycles. The molecule has 3 N–H and O–H groups in total. The van der Waals surface area contributed by atoms with Gasteiger partial charge in [-0.2, -0.15) is 0 Å². The maximum atomic E-state index is 10.0. The summed E-state index contributed by atoms with van der Waals surface area (Å²) in [6.07, 6.45) is 24.5. The van der Waals surface area contributed by atoms with Crippen LogP contribution in [0, 0.1) is 0 Å². The van der Waals surface area contributed by atoms with Crippen LogP contribution >= 0.6 is 0 Å². The molecule has 0 unspecified atom stereocenters. The van der Waals surface area contributed by atoms with Gasteiger partial charge in [0.1, 0.15) is 0 Å². The Labute approximate surface area is 345 Å². The molecule has 0 saturated carbocycles. The molecule has 0 bridgehead atoms. The number of hydrogen-bond acceptors (Lipinski definition) is 6. The summed E-state index contributed by atoms with van der Waals surface area (Å²) >= 11 is 0. The predicted octanol–water partition coefficient (Wildman–Crippen LogP) is 10.1. The zero-order valence-electron chi connectivity index (χ0n) is 35.2. The Balaban J connectivity index is -0.000000133. The number of carboxylic acid groups (broad SMARTS) is 1. The topological polar surface area (TPSA) is 115 Å². The average Bonchev–Trinajstić information content (AvgIpc) is 3.87. The molecule has 0 amide bonds. The van der Waals surface area contributed by atoms with Crippen LogP contribution in [0.4, 0.5) is 0 Å². The third kappa shape index (κ3) is 50.3. The van der Waals surface area contributed by atoms with Gasteiger partial charge in [0.2, 0.25) is 0 Å². The minimum absolute atomic E-state index is 0. The fraction of sp³-hybridized carbons (Fsp3) is 0.721. The van der Waals surface area contributed by atoms with E-state index >= 15 is 0 Å². The van der Waals surface area contributed by atoms with Gasteiger partial charge < -0.3 is 15.3 Å². The standard InChI is InChI=1S/C13H15N3.C8H18O2.C8H16O2.C4H12Si.C4H10Si.C3H6.C2H6.CH4.Co/c1-4-12(10-6-2-8-14-10)16-13(5-1)11-7-3-9-15-11;2*1-2-3-4-5-6-7-8(9)10;2*1-2-3-4-5;1-3-2;1-2;;/h1,4-5H,2-3,6-9H2;8-10H,2-7H2,1H3;2-7H2,1H3,(H,9,10);2-4H2,1,5H3;2-3H,4H2,1,5H3;3H,1H2,2H3;1-2H3;1H4;. The number of aliphatic hydroxyl groups excluding tert-OH is 1. The SMILES string of the molecule is C.C=CC.CC.CC=CC[SiH3].CCCCCCCC(=O)O.CCCCCCCC(O)O.CCCC[SiH3].[Co].c1cc(C2=NCCC2)nc(C2=NCCC2)c1. The summed E-state index contributed by atoms with van der Waals surface area (Å²) in [5.74, 6) is -0.670. The molecule has 0 aromatic carbocycles. The summed E-state index contributed by atoms with van der Waals surface area (Å²) < 4.78 is 0. The molecule has 1 aromatic rings. The Bertz CT molecular complexity index is 935. The second kappa shape index (κ2) is 54.6. The zero-order valence-corrected chi connectivity index (χ0v) is 40.3. The minimum Gasteiger partial charge on any atom is -0.481 e. The zero-order chi connectivity index (χ0) is 39.4. The maximum Gasteiger partial charge on any atom is 0.303 e. The molecule has 1 radical (unpaired) electrons. The number of nitrogens with zero attached hydrogens (tertiary/aromatic N) is 3. The van der Waals surface area contributed by atoms with Gasteiger partial charge in [0.15, 0.2) is 6.29 Å². The first-order valence-corrected chi connectivity index (χ1v) is 23.4. The largest absolute Gasteiger partial charge is 0.481 e. The van der Waals surface area contributed by atoms with Crippen molar-refractivity contribution in [1.29, 1.82) is 0 Å². The van der Waals surface area contributed by atoms with Crippen molar-refractivity contribution in [2.75, 3.05) is 13.1 Å². The Kier molecular flexibility index (Phi) is 65.2. The van der Waals surface area contributed by atoms with Gasteiger partial charge in [-0.05, 0) is 77.0 Å². The van der Waals surface area contributed by atoms with E-state index in [0.717, 1.165) is 63.0 Å². The first-order chi connectivity index (χ1) is 24.7. The molecule has 2 aliphatic rings. The van der Waals surface area contributed by atoms with Gasteiger partial charge in [-0.1, -0.05) is 137 Å². The van der Waals surface area contributed by atoms with Crippen LogP contribution in [0.2, 0.25) is 12.1 Å². The van der Waals surface area contributed by atoms with Crippen molar-refractivity contribution in [3.63, 3.8) is 0 Å². The van der Waals surface area contributed by atoms with Crippen molar-refractivity contribution < 1.29 is 36.9 Å². The fourth-order valence-electron chi connectivity index (χ4n) is 4.65. The van der Waals surface area contributed by atoms with E-state index in [2.05, 4.69) is 79.6 Å². The van der Waals surface area contributed by atoms with E-state index in [1.54, 1.807) is 6.08 Å². The first kappa shape index (κ1) is 63.2. The number of carbonyl (C=O) groups is 1. The van der Waals surface area contributed by atoms with E-state index in [-0.39, 0.29) is 24.2 Å². The average molecular weight is 825 g/mol. The normalized spacial score (nSPS) is 12.0. The van der Waals surface area contributed by atoms with Crippen molar-refractivity contribution >= 4 is 37.9 Å². The third-order valence-corrected chi connectivity index (χ3v) is 8.51. The number of carboxylic acids is 1. The molecule has 315 valence electrons. The monoisotopic (exact) mass is 825 g/mol. The number of aliphatic hydroxyl groups is 2. The summed E-state index contributed by atoms with van der Waals surface area (Å²) in [6.45, 7) is 19.8. The Morgan fingerprint density at radius 1 is 0.811 bits per heavy atom. The molecule has 3 rings (SSSR count). The van der Waals surface area contributed by atoms with Gasteiger partial charge in [-0.25, -0.2) is 4.98 Å². The van der Waals surface area contributed by atoms with Crippen LogP contribution in [0.25, 0.3) is 0 Å². The van der Waals surface area contributed by atoms with Gasteiger partial charge in [0.25, 0.3) is 0 Å². The van der Waals surface area contributed by atoms with Crippen LogP contribution in [0.1, 0.15) is 183 Å². The summed E-state index contributed by atoms with van der Waals surface area (Å²) in [7, 11) is 2.71. The predicted molar refractivity (Wildman–Crippen MR) is 241 cm³/mol. The fourth-order valence-corrected chi connectivity index (χ4v) is 5.83. The summed E-state index contributed by atoms with van der Waals surface area (Å²) in [5.41, 5.74) is 4.43. The van der Waals surface area contributed by atoms with Crippen LogP contribution < -0.4 is 0 Å². The van der Waals surface area contributed by atoms with Gasteiger partial charge in [-0.15, -0.1) is 6.58 Å². The minimum atomic E-state index is -1.10. The van der Waals surface area contributed by atoms with Gasteiger partial charge in [-0.3, -0.25) is 14.8 Å². The maximum absolute atomic E-state index is 10.0. The summed E-state index contributed by atoms with van der Waals surface area (Å²) in [6, 6.07) is 8.97. The molecule has 0 fully saturated rings. The van der Waals surface area contributed by atoms with E-state index in [9.17, 15) is 4.79 Å². The van der Waals surface area contributed by atoms with Gasteiger partial charge in [0.05, 0.1) is 22.8 Å². The number of hydrogen-bond donors (Lipinski definition) is 3. The number of allylic oxidation sites excluding steroid dienone is 3. The Hall–Kier alpha value is -1.70. The Morgan fingerprint density at radius 2 is 1.25 bits per heavy atom. The van der Waals surface area contributed by atoms with Crippen molar-refractivity contribution in [3.05, 3.63) is 54.4 Å². The van der Waals surface area contributed by atoms with E-state index in [1.165, 1.54) is 108 Å². The number of aliphatic carboxylic acids is 1. The molecule has 0 atom stereocenters. The quantitative estimate of drug-likeness (QED) is 0.0626.